The van der Waals surface area contributed by atoms with Gasteiger partial charge in [-0.2, -0.15) is 0 Å². The van der Waals surface area contributed by atoms with Crippen LogP contribution >= 0.6 is 0 Å². The van der Waals surface area contributed by atoms with Crippen LogP contribution in [0, 0.1) is 35.0 Å². The fourth-order valence-electron chi connectivity index (χ4n) is 12.5. The van der Waals surface area contributed by atoms with E-state index in [2.05, 4.69) is 26.1 Å². The van der Waals surface area contributed by atoms with Crippen molar-refractivity contribution in [3.05, 3.63) is 11.1 Å². The maximum atomic E-state index is 13.9. The monoisotopic (exact) mass is 537 g/mol. The maximum Gasteiger partial charge on any atom is 0.408 e. The zero-order chi connectivity index (χ0) is 26.3. The smallest absolute Gasteiger partial charge is 0.408 e. The van der Waals surface area contributed by atoms with Crippen molar-refractivity contribution in [2.45, 2.75) is 125 Å². The van der Waals surface area contributed by atoms with Gasteiger partial charge in [-0.3, -0.25) is 0 Å². The maximum absolute atomic E-state index is 13.9. The van der Waals surface area contributed by atoms with E-state index in [-0.39, 0.29) is 53.2 Å². The summed E-state index contributed by atoms with van der Waals surface area (Å²) in [5.74, 6) is 2.42. The van der Waals surface area contributed by atoms with Crippen molar-refractivity contribution in [2.24, 2.45) is 35.0 Å². The third-order valence-corrected chi connectivity index (χ3v) is 13.7. The van der Waals surface area contributed by atoms with E-state index in [4.69, 9.17) is 23.7 Å². The molecule has 39 heavy (non-hydrogen) atoms. The Kier molecular flexibility index (Phi) is 3.86. The lowest BCUT2D eigenvalue weighted by Crippen LogP contribution is -2.70. The van der Waals surface area contributed by atoms with E-state index >= 15 is 0 Å². The largest absolute Gasteiger partial charge is 0.458 e. The number of fused-ring (bicyclic) bond motifs is 4. The molecule has 3 saturated heterocycles. The quantitative estimate of drug-likeness (QED) is 0.432. The van der Waals surface area contributed by atoms with E-state index in [1.807, 2.05) is 0 Å². The van der Waals surface area contributed by atoms with Gasteiger partial charge in [-0.25, -0.2) is 9.59 Å². The molecular formula is C31H39NO7. The summed E-state index contributed by atoms with van der Waals surface area (Å²) in [6.45, 7) is 7.05. The predicted octanol–water partition coefficient (Wildman–Crippen LogP) is 3.81. The van der Waals surface area contributed by atoms with Crippen molar-refractivity contribution in [1.29, 1.82) is 0 Å². The topological polar surface area (TPSA) is 102 Å². The summed E-state index contributed by atoms with van der Waals surface area (Å²) in [5, 5.41) is 3.45. The van der Waals surface area contributed by atoms with Gasteiger partial charge in [0.25, 0.3) is 0 Å². The lowest BCUT2D eigenvalue weighted by Gasteiger charge is -2.57. The minimum absolute atomic E-state index is 0.0658. The average Bonchev–Trinajstić information content (AvgIpc) is 3.77. The zero-order valence-electron chi connectivity index (χ0n) is 23.1. The first-order valence-electron chi connectivity index (χ1n) is 15.6. The predicted molar refractivity (Wildman–Crippen MR) is 135 cm³/mol. The summed E-state index contributed by atoms with van der Waals surface area (Å²) in [7, 11) is 0. The highest BCUT2D eigenvalue weighted by Gasteiger charge is 3.01. The van der Waals surface area contributed by atoms with E-state index in [1.165, 1.54) is 19.3 Å². The number of esters is 1. The van der Waals surface area contributed by atoms with E-state index in [0.717, 1.165) is 61.0 Å². The molecule has 2 spiro atoms. The van der Waals surface area contributed by atoms with Crippen LogP contribution in [0.5, 0.6) is 0 Å². The molecule has 1 amide bonds. The summed E-state index contributed by atoms with van der Waals surface area (Å²) >= 11 is 0. The van der Waals surface area contributed by atoms with Crippen molar-refractivity contribution in [3.8, 4) is 0 Å². The van der Waals surface area contributed by atoms with Crippen LogP contribution in [0.4, 0.5) is 4.79 Å². The Morgan fingerprint density at radius 3 is 2.41 bits per heavy atom. The minimum Gasteiger partial charge on any atom is -0.458 e. The van der Waals surface area contributed by atoms with Gasteiger partial charge >= 0.3 is 12.1 Å². The molecule has 11 aliphatic rings. The number of nitrogens with one attached hydrogen (secondary N) is 1. The molecule has 7 aliphatic carbocycles. The second-order valence-electron chi connectivity index (χ2n) is 15.6. The Morgan fingerprint density at radius 2 is 1.72 bits per heavy atom. The minimum atomic E-state index is -0.694. The molecule has 8 heteroatoms. The van der Waals surface area contributed by atoms with E-state index in [0.29, 0.717) is 13.0 Å². The summed E-state index contributed by atoms with van der Waals surface area (Å²) in [6.07, 6.45) is 8.55. The molecule has 0 radical (unpaired) electrons. The molecule has 0 aromatic carbocycles. The highest BCUT2D eigenvalue weighted by atomic mass is 16.8. The van der Waals surface area contributed by atoms with Gasteiger partial charge in [0.2, 0.25) is 0 Å². The summed E-state index contributed by atoms with van der Waals surface area (Å²) < 4.78 is 32.3. The molecule has 6 saturated carbocycles. The third kappa shape index (κ3) is 2.38. The van der Waals surface area contributed by atoms with Gasteiger partial charge < -0.3 is 29.0 Å². The molecule has 1 N–H and O–H groups in total. The Labute approximate surface area is 228 Å². The lowest BCUT2D eigenvalue weighted by atomic mass is 9.46. The Bertz CT molecular complexity index is 1240. The zero-order valence-corrected chi connectivity index (χ0v) is 23.1. The molecular weight excluding hydrogens is 498 g/mol. The number of ether oxygens (including phenoxy) is 5. The number of hydrogen-bond donors (Lipinski definition) is 1. The van der Waals surface area contributed by atoms with Crippen LogP contribution in [0.1, 0.15) is 78.6 Å². The lowest BCUT2D eigenvalue weighted by molar-refractivity contribution is -0.136. The highest BCUT2D eigenvalue weighted by molar-refractivity contribution is 5.92. The Morgan fingerprint density at radius 1 is 1.00 bits per heavy atom. The number of hydrogen-bond acceptors (Lipinski definition) is 7. The molecule has 0 aromatic heterocycles. The van der Waals surface area contributed by atoms with Crippen LogP contribution in [0.2, 0.25) is 0 Å². The molecule has 0 aromatic rings. The molecule has 4 aliphatic heterocycles. The van der Waals surface area contributed by atoms with Crippen LogP contribution in [-0.4, -0.2) is 65.4 Å². The van der Waals surface area contributed by atoms with Gasteiger partial charge in [0.1, 0.15) is 30.0 Å². The van der Waals surface area contributed by atoms with E-state index < -0.39 is 22.9 Å². The van der Waals surface area contributed by atoms with Crippen molar-refractivity contribution in [3.63, 3.8) is 0 Å². The fraction of sp³-hybridized carbons (Fsp3) is 0.871. The number of epoxide rings is 3. The number of carbonyl (C=O) groups is 2. The van der Waals surface area contributed by atoms with Gasteiger partial charge in [0.15, 0.2) is 11.7 Å². The molecule has 9 atom stereocenters. The third-order valence-electron chi connectivity index (χ3n) is 13.7. The van der Waals surface area contributed by atoms with E-state index in [1.54, 1.807) is 0 Å². The second kappa shape index (κ2) is 6.54. The molecule has 4 bridgehead atoms. The molecule has 210 valence electrons. The van der Waals surface area contributed by atoms with Gasteiger partial charge in [-0.1, -0.05) is 20.8 Å². The van der Waals surface area contributed by atoms with Crippen molar-refractivity contribution in [1.82, 2.24) is 5.32 Å². The summed E-state index contributed by atoms with van der Waals surface area (Å²) in [4.78, 5) is 26.3. The first kappa shape index (κ1) is 23.0. The van der Waals surface area contributed by atoms with E-state index in [9.17, 15) is 9.59 Å². The van der Waals surface area contributed by atoms with Crippen molar-refractivity contribution >= 4 is 12.1 Å². The number of alkyl carbamates (subject to hydrolysis) is 1. The number of carbonyl (C=O) groups excluding carboxylic acids is 2. The first-order valence-corrected chi connectivity index (χ1v) is 15.6. The van der Waals surface area contributed by atoms with Crippen molar-refractivity contribution < 1.29 is 33.3 Å². The second-order valence-corrected chi connectivity index (χ2v) is 15.6. The van der Waals surface area contributed by atoms with Crippen LogP contribution < -0.4 is 5.32 Å². The Hall–Kier alpha value is -1.64. The molecule has 0 unspecified atom stereocenters. The standard InChI is InChI=1S/C31H39NO7/c1-14(2)29-22(38-29)23-31(39-23)27(3)5-4-18-19(13-35-24(18)33)20(27)9-21-30(31,37-21)25(29)36-26(34)32-28-10-15-6-16(11-28)8-17(7-15)12-28/h14-17,20-23,25H,4-13H2,1-3H3,(H,32,34)/t15?,16?,17?,20-,21-,22-,23+,25+,27-,28?,29+,30+,31+/m0/s1. The molecule has 11 rings (SSSR count). The van der Waals surface area contributed by atoms with Gasteiger partial charge in [0.05, 0.1) is 6.10 Å². The first-order chi connectivity index (χ1) is 18.7. The summed E-state index contributed by atoms with van der Waals surface area (Å²) in [5.41, 5.74) is -0.160. The van der Waals surface area contributed by atoms with Gasteiger partial charge in [0, 0.05) is 16.5 Å². The highest BCUT2D eigenvalue weighted by Crippen LogP contribution is 2.83. The normalized spacial score (nSPS) is 59.8. The van der Waals surface area contributed by atoms with Crippen molar-refractivity contribution in [2.75, 3.05) is 6.61 Å². The van der Waals surface area contributed by atoms with Crippen LogP contribution in [0.3, 0.4) is 0 Å². The molecule has 4 heterocycles. The number of rotatable bonds is 3. The van der Waals surface area contributed by atoms with Crippen LogP contribution in [0.15, 0.2) is 11.1 Å². The Balaban J connectivity index is 1.01. The number of cyclic esters (lactones) is 1. The number of amides is 1. The average molecular weight is 538 g/mol. The van der Waals surface area contributed by atoms with Crippen LogP contribution in [-0.2, 0) is 28.5 Å². The van der Waals surface area contributed by atoms with Gasteiger partial charge in [-0.15, -0.1) is 0 Å². The molecule has 8 nitrogen and oxygen atoms in total. The fourth-order valence-corrected chi connectivity index (χ4v) is 12.5. The molecule has 9 fully saturated rings. The van der Waals surface area contributed by atoms with Crippen LogP contribution in [0.25, 0.3) is 0 Å². The SMILES string of the molecule is CC(C)[C@@]12O[C@H]1[C@H]1O[C@]13[C@]1(O[C@H]1C[C@H]1C4=C(CC[C@@]13C)C(=O)OC4)[C@@H]2OC(=O)NC12CC3CC(CC(C3)C1)C2. The summed E-state index contributed by atoms with van der Waals surface area (Å²) in [6, 6.07) is 0. The van der Waals surface area contributed by atoms with Gasteiger partial charge in [-0.05, 0) is 93.0 Å².